The smallest absolute Gasteiger partial charge is 0.0184 e. The number of hydrogen-bond donors (Lipinski definition) is 3. The molecule has 198 valence electrons. The van der Waals surface area contributed by atoms with Crippen LogP contribution in [0.15, 0.2) is 42.9 Å². The van der Waals surface area contributed by atoms with Crippen LogP contribution in [0.1, 0.15) is 45.6 Å². The Morgan fingerprint density at radius 2 is 1.95 bits per heavy atom. The minimum Gasteiger partial charge on any atom is -0.0476 e. The number of carbonyl (C=O) groups excluding carboxylic acids is 3. The number of carbonyl (C=O) groups is 3. The molecule has 12 heteroatoms. The molecule has 1 heterocycles. The van der Waals surface area contributed by atoms with Gasteiger partial charge in [-0.1, -0.05) is 6.07 Å². The number of benzene rings is 1. The molecule has 0 saturated heterocycles. The van der Waals surface area contributed by atoms with Gasteiger partial charge >= 0.3 is 168 Å². The van der Waals surface area contributed by atoms with E-state index < -0.39 is 28.9 Å². The van der Waals surface area contributed by atoms with Crippen LogP contribution in [0.5, 0.6) is 0 Å². The van der Waals surface area contributed by atoms with Crippen molar-refractivity contribution < 1.29 is 28.6 Å². The summed E-state index contributed by atoms with van der Waals surface area (Å²) in [7, 11) is 0.656. The molecule has 0 aliphatic heterocycles. The number of amides is 2. The topological polar surface area (TPSA) is 141 Å². The summed E-state index contributed by atoms with van der Waals surface area (Å²) in [6.07, 6.45) is 5.22. The quantitative estimate of drug-likeness (QED) is 0.255. The fourth-order valence-corrected chi connectivity index (χ4v) is 3.95. The number of hydrogen-bond acceptors (Lipinski definition) is 8. The summed E-state index contributed by atoms with van der Waals surface area (Å²) < 4.78 is 23.4. The molecule has 2 amide bonds. The Morgan fingerprint density at radius 1 is 1.22 bits per heavy atom. The first-order chi connectivity index (χ1) is 17.7. The summed E-state index contributed by atoms with van der Waals surface area (Å²) in [5.74, 6) is -1.09. The van der Waals surface area contributed by atoms with Gasteiger partial charge < -0.3 is 4.74 Å². The van der Waals surface area contributed by atoms with E-state index in [-0.39, 0.29) is 38.1 Å². The van der Waals surface area contributed by atoms with Crippen molar-refractivity contribution in [3.63, 3.8) is 0 Å². The molecule has 1 aromatic heterocycles. The zero-order chi connectivity index (χ0) is 26.9. The predicted molar refractivity (Wildman–Crippen MR) is 136 cm³/mol. The molecule has 3 rings (SSSR count). The first-order valence-electron chi connectivity index (χ1n) is 12.4. The second-order valence-electron chi connectivity index (χ2n) is 9.46. The number of ether oxygens (including phenoxy) is 2. The zero-order valence-corrected chi connectivity index (χ0v) is 21.5. The van der Waals surface area contributed by atoms with Gasteiger partial charge in [-0.3, -0.25) is 0 Å². The molecule has 1 atom stereocenters. The normalized spacial score (nSPS) is 15.1. The van der Waals surface area contributed by atoms with E-state index in [4.69, 9.17) is 9.47 Å². The van der Waals surface area contributed by atoms with Crippen molar-refractivity contribution >= 4 is 30.8 Å². The summed E-state index contributed by atoms with van der Waals surface area (Å²) in [6, 6.07) is 8.41. The molecular weight excluding hydrogens is 477 g/mol. The van der Waals surface area contributed by atoms with Crippen molar-refractivity contribution in [2.24, 2.45) is 0 Å². The number of esters is 1. The Kier molecular flexibility index (Phi) is 9.70. The van der Waals surface area contributed by atoms with Gasteiger partial charge in [-0.25, -0.2) is 4.79 Å². The minimum absolute atomic E-state index is 0.0125. The van der Waals surface area contributed by atoms with Gasteiger partial charge in [0.05, 0.1) is 6.61 Å². The van der Waals surface area contributed by atoms with Crippen molar-refractivity contribution in [3.05, 3.63) is 48.4 Å². The Bertz CT molecular complexity index is 1090. The summed E-state index contributed by atoms with van der Waals surface area (Å²) in [5.41, 5.74) is -0.993. The minimum atomic E-state index is -1.10. The van der Waals surface area contributed by atoms with Gasteiger partial charge in [-0.05, 0) is 26.2 Å². The van der Waals surface area contributed by atoms with Crippen LogP contribution in [0.4, 0.5) is 5.82 Å². The third kappa shape index (κ3) is 7.10. The number of rotatable bonds is 14. The molecule has 0 spiro atoms. The first-order valence-corrected chi connectivity index (χ1v) is 12.4. The molecular formula is C25H34BN5O6. The number of imidazole rings is 1. The van der Waals surface area contributed by atoms with Crippen LogP contribution in [0, 0.1) is 0 Å². The van der Waals surface area contributed by atoms with Gasteiger partial charge in [-0.15, -0.1) is 0 Å². The van der Waals surface area contributed by atoms with Crippen molar-refractivity contribution in [1.29, 1.82) is 0 Å². The molecule has 2 aromatic rings. The maximum absolute atomic E-state index is 13.2. The van der Waals surface area contributed by atoms with Crippen LogP contribution in [0.3, 0.4) is 0 Å². The maximum Gasteiger partial charge on any atom is -0.0184 e. The molecule has 0 bridgehead atoms. The SMILES string of the molecule is CCOC(=O)C1(n2cnc(NC(=O)C(COCc3ccccc3)NC(=O)C(C)(C)NCB=O)c2)CCC1. The Morgan fingerprint density at radius 3 is 2.57 bits per heavy atom. The van der Waals surface area contributed by atoms with Crippen LogP contribution < -0.4 is 16.0 Å². The standard InChI is InChI=1S/C25H34BN5O6/c1-4-37-23(34)25(11-8-12-25)31-13-20(27-17-31)30-21(32)19(15-36-14-18-9-6-5-7-10-18)29-22(33)24(2,3)28-16-26-35/h5-7,9-10,13,17,19,28H,4,8,11-12,14-16H2,1-3H3,(H,29,33)(H,30,32). The molecule has 11 nitrogen and oxygen atoms in total. The van der Waals surface area contributed by atoms with E-state index in [2.05, 4.69) is 20.9 Å². The van der Waals surface area contributed by atoms with Crippen molar-refractivity contribution in [2.45, 2.75) is 63.8 Å². The molecule has 1 aromatic carbocycles. The molecule has 1 aliphatic carbocycles. The summed E-state index contributed by atoms with van der Waals surface area (Å²) >= 11 is 0. The molecule has 1 fully saturated rings. The van der Waals surface area contributed by atoms with Gasteiger partial charge in [-0.2, -0.15) is 0 Å². The Labute approximate surface area is 216 Å². The number of anilines is 1. The molecule has 3 N–H and O–H groups in total. The average molecular weight is 511 g/mol. The number of aromatic nitrogens is 2. The van der Waals surface area contributed by atoms with Gasteiger partial charge in [0, 0.05) is 0 Å². The van der Waals surface area contributed by atoms with Gasteiger partial charge in [0.1, 0.15) is 0 Å². The summed E-state index contributed by atoms with van der Waals surface area (Å²) in [5, 5.41) is 8.24. The third-order valence-corrected chi connectivity index (χ3v) is 6.38. The van der Waals surface area contributed by atoms with E-state index in [1.54, 1.807) is 31.5 Å². The van der Waals surface area contributed by atoms with E-state index in [9.17, 15) is 19.1 Å². The van der Waals surface area contributed by atoms with Crippen molar-refractivity contribution in [3.8, 4) is 0 Å². The molecule has 1 aliphatic rings. The van der Waals surface area contributed by atoms with Crippen LogP contribution in [-0.4, -0.2) is 65.7 Å². The molecule has 1 saturated carbocycles. The molecule has 0 radical (unpaired) electrons. The fraction of sp³-hybridized carbons (Fsp3) is 0.520. The summed E-state index contributed by atoms with van der Waals surface area (Å²) in [6.45, 7) is 5.42. The van der Waals surface area contributed by atoms with Crippen LogP contribution in [0.2, 0.25) is 0 Å². The van der Waals surface area contributed by atoms with E-state index in [0.29, 0.717) is 20.0 Å². The number of nitrogens with zero attached hydrogens (tertiary/aromatic N) is 2. The Hall–Kier alpha value is -3.38. The number of nitrogens with one attached hydrogen (secondary N) is 3. The second-order valence-corrected chi connectivity index (χ2v) is 9.46. The van der Waals surface area contributed by atoms with Crippen molar-refractivity contribution in [2.75, 3.05) is 25.0 Å². The second kappa shape index (κ2) is 12.7. The maximum atomic E-state index is 13.2. The van der Waals surface area contributed by atoms with Crippen LogP contribution in [0.25, 0.3) is 0 Å². The van der Waals surface area contributed by atoms with E-state index in [0.717, 1.165) is 12.0 Å². The van der Waals surface area contributed by atoms with Crippen LogP contribution >= 0.6 is 0 Å². The van der Waals surface area contributed by atoms with Gasteiger partial charge in [0.2, 0.25) is 0 Å². The Balaban J connectivity index is 1.70. The van der Waals surface area contributed by atoms with Crippen molar-refractivity contribution in [1.82, 2.24) is 20.2 Å². The predicted octanol–water partition coefficient (Wildman–Crippen LogP) is 1.34. The molecule has 1 unspecified atom stereocenters. The average Bonchev–Trinajstić information content (AvgIpc) is 3.30. The van der Waals surface area contributed by atoms with Crippen LogP contribution in [-0.2, 0) is 40.7 Å². The van der Waals surface area contributed by atoms with E-state index in [1.807, 2.05) is 30.3 Å². The van der Waals surface area contributed by atoms with Gasteiger partial charge in [0.25, 0.3) is 0 Å². The fourth-order valence-electron chi connectivity index (χ4n) is 3.95. The third-order valence-electron chi connectivity index (χ3n) is 6.38. The first kappa shape index (κ1) is 28.2. The zero-order valence-electron chi connectivity index (χ0n) is 21.5. The van der Waals surface area contributed by atoms with Gasteiger partial charge in [0.15, 0.2) is 0 Å². The van der Waals surface area contributed by atoms with E-state index in [1.165, 1.54) is 6.33 Å². The van der Waals surface area contributed by atoms with E-state index >= 15 is 0 Å². The largest absolute Gasteiger partial charge is 0.0476 e. The molecule has 37 heavy (non-hydrogen) atoms. The summed E-state index contributed by atoms with van der Waals surface area (Å²) in [4.78, 5) is 42.9. The monoisotopic (exact) mass is 511 g/mol.